The number of hydrogen-bond donors (Lipinski definition) is 11. The predicted octanol–water partition coefficient (Wildman–Crippen LogP) is -3.34. The summed E-state index contributed by atoms with van der Waals surface area (Å²) in [5.41, 5.74) is 20.4. The molecule has 0 aromatic carbocycles. The van der Waals surface area contributed by atoms with E-state index < -0.39 is 80.1 Å². The Labute approximate surface area is 284 Å². The Morgan fingerprint density at radius 3 is 2.59 bits per heavy atom. The van der Waals surface area contributed by atoms with Gasteiger partial charge in [-0.25, -0.2) is 14.3 Å². The number of aliphatic hydroxyl groups is 3. The fraction of sp³-hybridized carbons (Fsp3) is 0.862. The molecule has 14 N–H and O–H groups in total. The number of rotatable bonds is 19. The molecule has 11 atom stereocenters. The summed E-state index contributed by atoms with van der Waals surface area (Å²) in [5, 5.41) is 47.7. The third kappa shape index (κ3) is 13.7. The molecule has 18 nitrogen and oxygen atoms in total. The van der Waals surface area contributed by atoms with Crippen LogP contribution in [0.1, 0.15) is 32.6 Å². The Balaban J connectivity index is 1.49. The normalized spacial score (nSPS) is 32.6. The molecule has 0 spiro atoms. The minimum Gasteiger partial charge on any atom is -0.467 e. The number of hydroxylamine groups is 1. The molecular formula is C29H54F2N8O10. The molecule has 0 radical (unpaired) electrons. The summed E-state index contributed by atoms with van der Waals surface area (Å²) >= 11 is 0. The second-order valence-corrected chi connectivity index (χ2v) is 12.4. The summed E-state index contributed by atoms with van der Waals surface area (Å²) in [6.45, 7) is 3.06. The van der Waals surface area contributed by atoms with Crippen molar-refractivity contribution in [3.63, 3.8) is 0 Å². The van der Waals surface area contributed by atoms with Gasteiger partial charge in [0.15, 0.2) is 6.29 Å². The van der Waals surface area contributed by atoms with Crippen molar-refractivity contribution in [2.45, 2.75) is 100 Å². The molecule has 1 saturated carbocycles. The Morgan fingerprint density at radius 1 is 1.12 bits per heavy atom. The quantitative estimate of drug-likeness (QED) is 0.0270. The van der Waals surface area contributed by atoms with E-state index in [1.807, 2.05) is 13.0 Å². The number of nitrogens with one attached hydrogen (secondary N) is 5. The van der Waals surface area contributed by atoms with Crippen LogP contribution in [0.2, 0.25) is 0 Å². The van der Waals surface area contributed by atoms with Crippen LogP contribution >= 0.6 is 0 Å². The molecule has 0 aromatic rings. The first-order valence-electron chi connectivity index (χ1n) is 16.5. The smallest absolute Gasteiger partial charge is 0.255 e. The third-order valence-corrected chi connectivity index (χ3v) is 8.07. The molecule has 1 unspecified atom stereocenters. The van der Waals surface area contributed by atoms with Crippen molar-refractivity contribution in [2.75, 3.05) is 52.6 Å². The highest BCUT2D eigenvalue weighted by Crippen LogP contribution is 2.31. The highest BCUT2D eigenvalue weighted by Gasteiger charge is 2.49. The van der Waals surface area contributed by atoms with Crippen LogP contribution in [0.5, 0.6) is 0 Å². The minimum atomic E-state index is -2.58. The van der Waals surface area contributed by atoms with E-state index in [4.69, 9.17) is 51.1 Å². The molecule has 2 heterocycles. The maximum absolute atomic E-state index is 12.7. The molecule has 2 aliphatic heterocycles. The molecule has 284 valence electrons. The van der Waals surface area contributed by atoms with Gasteiger partial charge in [-0.2, -0.15) is 0 Å². The van der Waals surface area contributed by atoms with Crippen LogP contribution in [0.3, 0.4) is 0 Å². The van der Waals surface area contributed by atoms with Crippen LogP contribution in [0.15, 0.2) is 11.8 Å². The second kappa shape index (κ2) is 21.1. The van der Waals surface area contributed by atoms with Crippen molar-refractivity contribution in [2.24, 2.45) is 23.1 Å². The first-order valence-corrected chi connectivity index (χ1v) is 16.5. The number of guanidine groups is 1. The van der Waals surface area contributed by atoms with Crippen molar-refractivity contribution < 1.29 is 57.4 Å². The molecule has 3 aliphatic rings. The largest absolute Gasteiger partial charge is 0.467 e. The highest BCUT2D eigenvalue weighted by atomic mass is 19.3. The Kier molecular flexibility index (Phi) is 17.7. The molecule has 49 heavy (non-hydrogen) atoms. The molecular weight excluding hydrogens is 658 g/mol. The van der Waals surface area contributed by atoms with Crippen LogP contribution in [-0.2, 0) is 33.3 Å². The maximum atomic E-state index is 12.7. The van der Waals surface area contributed by atoms with Gasteiger partial charge in [0, 0.05) is 12.6 Å². The number of carbonyl (C=O) groups excluding carboxylic acids is 1. The lowest BCUT2D eigenvalue weighted by Gasteiger charge is -2.46. The number of aliphatic hydroxyl groups excluding tert-OH is 3. The number of halogens is 2. The van der Waals surface area contributed by atoms with E-state index in [0.29, 0.717) is 44.9 Å². The van der Waals surface area contributed by atoms with E-state index in [1.54, 1.807) is 0 Å². The molecule has 3 rings (SSSR count). The monoisotopic (exact) mass is 712 g/mol. The lowest BCUT2D eigenvalue weighted by atomic mass is 9.83. The number of ether oxygens (including phenoxy) is 5. The van der Waals surface area contributed by atoms with Gasteiger partial charge in [0.2, 0.25) is 18.2 Å². The number of amides is 1. The van der Waals surface area contributed by atoms with E-state index in [-0.39, 0.29) is 44.5 Å². The van der Waals surface area contributed by atoms with E-state index in [9.17, 15) is 28.9 Å². The standard InChI is InChI=1S/C29H54F2N8O10/c1-15-10-21(41)28(45-14-15)49-25-19(38-26(43)20(40)4-5-32)11-18(34)24(23(25)42)48-27-17(33)3-2-16(47-27)12-36-6-7-44-8-9-46-39-29(35)37-13-22(30)31/h2,15,17-25,27-28,36,40-42H,3-14,32-34H2,1H3,(H,38,43)(H3,35,37,39)/t15?,17-,18+,19-,20+,21-,23+,24-,25+,27-,28-/m1/s1. The zero-order chi connectivity index (χ0) is 35.9. The zero-order valence-corrected chi connectivity index (χ0v) is 27.7. The summed E-state index contributed by atoms with van der Waals surface area (Å²) in [6, 6.07) is -2.24. The first-order chi connectivity index (χ1) is 23.4. The van der Waals surface area contributed by atoms with Crippen molar-refractivity contribution >= 4 is 11.9 Å². The van der Waals surface area contributed by atoms with Crippen LogP contribution < -0.4 is 38.6 Å². The Hall–Kier alpha value is -2.34. The molecule has 1 aliphatic carbocycles. The minimum absolute atomic E-state index is 0.0357. The van der Waals surface area contributed by atoms with Gasteiger partial charge < -0.3 is 72.2 Å². The van der Waals surface area contributed by atoms with Gasteiger partial charge in [-0.3, -0.25) is 15.0 Å². The summed E-state index contributed by atoms with van der Waals surface area (Å²) in [6.07, 6.45) is -7.75. The average Bonchev–Trinajstić information content (AvgIpc) is 3.05. The fourth-order valence-electron chi connectivity index (χ4n) is 5.51. The maximum Gasteiger partial charge on any atom is 0.255 e. The van der Waals surface area contributed by atoms with E-state index in [1.165, 1.54) is 0 Å². The zero-order valence-electron chi connectivity index (χ0n) is 27.7. The van der Waals surface area contributed by atoms with Gasteiger partial charge in [0.1, 0.15) is 36.3 Å². The highest BCUT2D eigenvalue weighted by molar-refractivity contribution is 5.80. The summed E-state index contributed by atoms with van der Waals surface area (Å²) in [4.78, 5) is 17.6. The van der Waals surface area contributed by atoms with E-state index in [2.05, 4.69) is 21.4 Å². The predicted molar refractivity (Wildman–Crippen MR) is 170 cm³/mol. The van der Waals surface area contributed by atoms with Crippen LogP contribution in [-0.4, -0.2) is 147 Å². The summed E-state index contributed by atoms with van der Waals surface area (Å²) in [7, 11) is 0. The van der Waals surface area contributed by atoms with Gasteiger partial charge in [0.05, 0.1) is 51.6 Å². The SMILES string of the molecule is CC1CO[C@H](O[C@@H]2[C@@H](O)[C@H](O[C@H]3OC(CNCCOCCONC(=N)NCC(F)F)=CC[C@H]3N)[C@@H](N)C[C@H]2NC(=O)[C@@H](O)CCN)[C@H](O)C1. The molecule has 2 fully saturated rings. The molecule has 20 heteroatoms. The number of carbonyl (C=O) groups is 1. The van der Waals surface area contributed by atoms with Crippen molar-refractivity contribution in [1.82, 2.24) is 21.4 Å². The van der Waals surface area contributed by atoms with E-state index in [0.717, 1.165) is 0 Å². The number of nitrogens with two attached hydrogens (primary N) is 3. The van der Waals surface area contributed by atoms with Crippen LogP contribution in [0, 0.1) is 11.3 Å². The molecule has 0 bridgehead atoms. The third-order valence-electron chi connectivity index (χ3n) is 8.07. The van der Waals surface area contributed by atoms with Gasteiger partial charge in [-0.1, -0.05) is 6.92 Å². The summed E-state index contributed by atoms with van der Waals surface area (Å²) in [5.74, 6) is -0.429. The van der Waals surface area contributed by atoms with E-state index >= 15 is 0 Å². The van der Waals surface area contributed by atoms with Crippen molar-refractivity contribution in [1.29, 1.82) is 5.41 Å². The number of hydrogen-bond acceptors (Lipinski definition) is 15. The van der Waals surface area contributed by atoms with Gasteiger partial charge in [0.25, 0.3) is 6.43 Å². The van der Waals surface area contributed by atoms with Gasteiger partial charge >= 0.3 is 0 Å². The topological polar surface area (TPSA) is 283 Å². The lowest BCUT2D eigenvalue weighted by molar-refractivity contribution is -0.283. The average molecular weight is 713 g/mol. The van der Waals surface area contributed by atoms with Gasteiger partial charge in [-0.05, 0) is 44.2 Å². The molecule has 1 amide bonds. The lowest BCUT2D eigenvalue weighted by Crippen LogP contribution is -2.67. The Bertz CT molecular complexity index is 1040. The second-order valence-electron chi connectivity index (χ2n) is 12.4. The summed E-state index contributed by atoms with van der Waals surface area (Å²) < 4.78 is 53.6. The fourth-order valence-corrected chi connectivity index (χ4v) is 5.51. The van der Waals surface area contributed by atoms with Crippen LogP contribution in [0.4, 0.5) is 8.78 Å². The molecule has 1 saturated heterocycles. The molecule has 0 aromatic heterocycles. The van der Waals surface area contributed by atoms with Crippen molar-refractivity contribution in [3.05, 3.63) is 11.8 Å². The first kappa shape index (κ1) is 41.1. The van der Waals surface area contributed by atoms with Gasteiger partial charge in [-0.15, -0.1) is 0 Å². The Morgan fingerprint density at radius 2 is 1.88 bits per heavy atom. The van der Waals surface area contributed by atoms with Crippen molar-refractivity contribution in [3.8, 4) is 0 Å². The number of alkyl halides is 2. The van der Waals surface area contributed by atoms with Crippen LogP contribution in [0.25, 0.3) is 0 Å².